The number of ether oxygens (including phenoxy) is 1. The van der Waals surface area contributed by atoms with Crippen LogP contribution in [0.5, 0.6) is 0 Å². The molecule has 0 radical (unpaired) electrons. The van der Waals surface area contributed by atoms with Crippen LogP contribution in [-0.2, 0) is 16.0 Å². The highest BCUT2D eigenvalue weighted by Gasteiger charge is 2.44. The lowest BCUT2D eigenvalue weighted by molar-refractivity contribution is -0.130. The van der Waals surface area contributed by atoms with Crippen LogP contribution in [0, 0.1) is 12.3 Å². The Morgan fingerprint density at radius 3 is 3.00 bits per heavy atom. The molecule has 0 aromatic carbocycles. The van der Waals surface area contributed by atoms with Crippen molar-refractivity contribution < 1.29 is 14.1 Å². The monoisotopic (exact) mass is 254 g/mol. The molecule has 3 N–H and O–H groups in total. The van der Waals surface area contributed by atoms with E-state index in [2.05, 4.69) is 15.5 Å². The molecule has 1 aromatic rings. The average molecular weight is 254 g/mol. The first-order valence-electron chi connectivity index (χ1n) is 5.93. The van der Waals surface area contributed by atoms with Crippen molar-refractivity contribution in [1.29, 1.82) is 0 Å². The molecule has 7 nitrogen and oxygen atoms in total. The average Bonchev–Trinajstić information content (AvgIpc) is 2.88. The molecular weight excluding hydrogens is 236 g/mol. The Hall–Kier alpha value is -1.47. The summed E-state index contributed by atoms with van der Waals surface area (Å²) in [4.78, 5) is 16.1. The number of aromatic nitrogens is 2. The fourth-order valence-electron chi connectivity index (χ4n) is 1.86. The van der Waals surface area contributed by atoms with E-state index in [1.165, 1.54) is 0 Å². The van der Waals surface area contributed by atoms with Gasteiger partial charge in [0.1, 0.15) is 0 Å². The number of nitrogens with one attached hydrogen (secondary N) is 1. The van der Waals surface area contributed by atoms with Gasteiger partial charge in [-0.1, -0.05) is 5.16 Å². The highest BCUT2D eigenvalue weighted by molar-refractivity contribution is 5.83. The zero-order valence-electron chi connectivity index (χ0n) is 10.6. The lowest BCUT2D eigenvalue weighted by atomic mass is 9.85. The highest BCUT2D eigenvalue weighted by Crippen LogP contribution is 2.26. The normalized spacial score (nSPS) is 27.4. The molecule has 2 atom stereocenters. The number of nitrogens with two attached hydrogens (primary N) is 1. The first kappa shape index (κ1) is 13.0. The van der Waals surface area contributed by atoms with Crippen LogP contribution in [0.4, 0.5) is 0 Å². The molecule has 1 aromatic heterocycles. The van der Waals surface area contributed by atoms with Gasteiger partial charge < -0.3 is 20.3 Å². The van der Waals surface area contributed by atoms with E-state index >= 15 is 0 Å². The number of carbonyl (C=O) groups excluding carboxylic acids is 1. The third-order valence-corrected chi connectivity index (χ3v) is 3.24. The summed E-state index contributed by atoms with van der Waals surface area (Å²) in [7, 11) is 0. The number of aryl methyl sites for hydroxylation is 1. The minimum absolute atomic E-state index is 0.0901. The Bertz CT molecular complexity index is 434. The summed E-state index contributed by atoms with van der Waals surface area (Å²) in [5, 5.41) is 6.59. The van der Waals surface area contributed by atoms with Gasteiger partial charge >= 0.3 is 0 Å². The molecule has 2 unspecified atom stereocenters. The van der Waals surface area contributed by atoms with Crippen molar-refractivity contribution >= 4 is 5.91 Å². The topological polar surface area (TPSA) is 103 Å². The molecule has 100 valence electrons. The van der Waals surface area contributed by atoms with E-state index in [0.29, 0.717) is 37.9 Å². The SMILES string of the molecule is Cc1nc(CCNC(=O)C2(C)COCC2N)no1. The second kappa shape index (κ2) is 5.03. The first-order chi connectivity index (χ1) is 8.52. The molecule has 1 saturated heterocycles. The molecule has 1 fully saturated rings. The molecular formula is C11H18N4O3. The summed E-state index contributed by atoms with van der Waals surface area (Å²) in [5.41, 5.74) is 5.23. The highest BCUT2D eigenvalue weighted by atomic mass is 16.5. The van der Waals surface area contributed by atoms with E-state index in [1.54, 1.807) is 6.92 Å². The van der Waals surface area contributed by atoms with Crippen LogP contribution < -0.4 is 11.1 Å². The summed E-state index contributed by atoms with van der Waals surface area (Å²) < 4.78 is 10.1. The van der Waals surface area contributed by atoms with Gasteiger partial charge in [0.2, 0.25) is 11.8 Å². The lowest BCUT2D eigenvalue weighted by Crippen LogP contribution is -2.50. The van der Waals surface area contributed by atoms with E-state index < -0.39 is 5.41 Å². The van der Waals surface area contributed by atoms with Crippen LogP contribution >= 0.6 is 0 Å². The van der Waals surface area contributed by atoms with Crippen molar-refractivity contribution in [2.45, 2.75) is 26.3 Å². The number of carbonyl (C=O) groups is 1. The van der Waals surface area contributed by atoms with Crippen molar-refractivity contribution in [1.82, 2.24) is 15.5 Å². The molecule has 0 aliphatic carbocycles. The Morgan fingerprint density at radius 2 is 2.44 bits per heavy atom. The van der Waals surface area contributed by atoms with Gasteiger partial charge in [0, 0.05) is 25.9 Å². The van der Waals surface area contributed by atoms with Gasteiger partial charge in [-0.2, -0.15) is 4.98 Å². The van der Waals surface area contributed by atoms with Gasteiger partial charge in [-0.3, -0.25) is 4.79 Å². The predicted octanol–water partition coefficient (Wildman–Crippen LogP) is -0.599. The Morgan fingerprint density at radius 1 is 1.67 bits per heavy atom. The second-order valence-electron chi connectivity index (χ2n) is 4.77. The third kappa shape index (κ3) is 2.51. The van der Waals surface area contributed by atoms with Crippen molar-refractivity contribution in [3.8, 4) is 0 Å². The van der Waals surface area contributed by atoms with E-state index in [4.69, 9.17) is 15.0 Å². The quantitative estimate of drug-likeness (QED) is 0.743. The standard InChI is InChI=1S/C11H18N4O3/c1-7-14-9(15-18-7)3-4-13-10(16)11(2)6-17-5-8(11)12/h8H,3-6,12H2,1-2H3,(H,13,16). The molecule has 0 bridgehead atoms. The summed E-state index contributed by atoms with van der Waals surface area (Å²) >= 11 is 0. The summed E-state index contributed by atoms with van der Waals surface area (Å²) in [5.74, 6) is 1.02. The van der Waals surface area contributed by atoms with Crippen molar-refractivity contribution in [2.24, 2.45) is 11.1 Å². The van der Waals surface area contributed by atoms with Gasteiger partial charge in [0.15, 0.2) is 5.82 Å². The van der Waals surface area contributed by atoms with Gasteiger partial charge in [-0.15, -0.1) is 0 Å². The molecule has 0 spiro atoms. The number of hydrogen-bond acceptors (Lipinski definition) is 6. The largest absolute Gasteiger partial charge is 0.379 e. The fourth-order valence-corrected chi connectivity index (χ4v) is 1.86. The van der Waals surface area contributed by atoms with Gasteiger partial charge in [-0.25, -0.2) is 0 Å². The van der Waals surface area contributed by atoms with Crippen LogP contribution in [0.2, 0.25) is 0 Å². The summed E-state index contributed by atoms with van der Waals surface area (Å²) in [6.45, 7) is 4.79. The maximum Gasteiger partial charge on any atom is 0.229 e. The minimum Gasteiger partial charge on any atom is -0.379 e. The molecule has 1 amide bonds. The van der Waals surface area contributed by atoms with E-state index in [1.807, 2.05) is 6.92 Å². The van der Waals surface area contributed by atoms with Crippen LogP contribution in [0.25, 0.3) is 0 Å². The minimum atomic E-state index is -0.646. The van der Waals surface area contributed by atoms with Crippen molar-refractivity contribution in [2.75, 3.05) is 19.8 Å². The number of amides is 1. The summed E-state index contributed by atoms with van der Waals surface area (Å²) in [6, 6.07) is -0.259. The zero-order chi connectivity index (χ0) is 13.2. The molecule has 18 heavy (non-hydrogen) atoms. The van der Waals surface area contributed by atoms with E-state index in [-0.39, 0.29) is 11.9 Å². The van der Waals surface area contributed by atoms with Gasteiger partial charge in [0.05, 0.1) is 18.6 Å². The Kier molecular flexibility index (Phi) is 3.63. The Labute approximate surface area is 105 Å². The second-order valence-corrected chi connectivity index (χ2v) is 4.77. The third-order valence-electron chi connectivity index (χ3n) is 3.24. The smallest absolute Gasteiger partial charge is 0.229 e. The maximum atomic E-state index is 12.0. The van der Waals surface area contributed by atoms with Crippen LogP contribution in [0.15, 0.2) is 4.52 Å². The number of hydrogen-bond donors (Lipinski definition) is 2. The van der Waals surface area contributed by atoms with Gasteiger partial charge in [-0.05, 0) is 6.92 Å². The molecule has 0 saturated carbocycles. The van der Waals surface area contributed by atoms with Gasteiger partial charge in [0.25, 0.3) is 0 Å². The Balaban J connectivity index is 1.81. The number of rotatable bonds is 4. The van der Waals surface area contributed by atoms with Crippen LogP contribution in [0.1, 0.15) is 18.6 Å². The molecule has 1 aliphatic heterocycles. The van der Waals surface area contributed by atoms with Crippen molar-refractivity contribution in [3.05, 3.63) is 11.7 Å². The maximum absolute atomic E-state index is 12.0. The molecule has 2 heterocycles. The lowest BCUT2D eigenvalue weighted by Gasteiger charge is -2.25. The zero-order valence-corrected chi connectivity index (χ0v) is 10.6. The van der Waals surface area contributed by atoms with E-state index in [9.17, 15) is 4.79 Å². The fraction of sp³-hybridized carbons (Fsp3) is 0.727. The van der Waals surface area contributed by atoms with Crippen LogP contribution in [-0.4, -0.2) is 41.8 Å². The first-order valence-corrected chi connectivity index (χ1v) is 5.93. The predicted molar refractivity (Wildman–Crippen MR) is 62.7 cm³/mol. The van der Waals surface area contributed by atoms with E-state index in [0.717, 1.165) is 0 Å². The van der Waals surface area contributed by atoms with Crippen LogP contribution in [0.3, 0.4) is 0 Å². The summed E-state index contributed by atoms with van der Waals surface area (Å²) in [6.07, 6.45) is 0.537. The molecule has 7 heteroatoms. The van der Waals surface area contributed by atoms with Crippen molar-refractivity contribution in [3.63, 3.8) is 0 Å². The molecule has 1 aliphatic rings. The molecule has 2 rings (SSSR count). The number of nitrogens with zero attached hydrogens (tertiary/aromatic N) is 2.